The lowest BCUT2D eigenvalue weighted by Crippen LogP contribution is -2.47. The quantitative estimate of drug-likeness (QED) is 0.0161. The topological polar surface area (TPSA) is 114 Å². The zero-order chi connectivity index (χ0) is 49.4. The number of likely N-dealkylation sites (N-methyl/N-ethyl adjacent to an activating group) is 1. The molecule has 9 nitrogen and oxygen atoms in total. The summed E-state index contributed by atoms with van der Waals surface area (Å²) in [6, 6.07) is -0.912. The lowest BCUT2D eigenvalue weighted by Gasteiger charge is -2.30. The number of unbranched alkanes of at least 4 members (excludes halogenated alkanes) is 24. The summed E-state index contributed by atoms with van der Waals surface area (Å²) in [5, 5.41) is 2.99. The molecule has 67 heavy (non-hydrogen) atoms. The molecule has 0 radical (unpaired) electrons. The third-order valence-electron chi connectivity index (χ3n) is 11.5. The molecule has 0 saturated heterocycles. The van der Waals surface area contributed by atoms with Crippen molar-refractivity contribution in [3.8, 4) is 0 Å². The molecule has 0 aromatic heterocycles. The molecule has 0 heterocycles. The Hall–Kier alpha value is -2.81. The smallest absolute Gasteiger partial charge is 0.306 e. The van der Waals surface area contributed by atoms with Crippen LogP contribution in [0.4, 0.5) is 0 Å². The maximum atomic E-state index is 13.4. The second kappa shape index (κ2) is 46.9. The van der Waals surface area contributed by atoms with Gasteiger partial charge in [0.1, 0.15) is 19.3 Å². The maximum absolute atomic E-state index is 13.4. The van der Waals surface area contributed by atoms with Crippen molar-refractivity contribution >= 4 is 19.7 Å². The van der Waals surface area contributed by atoms with Gasteiger partial charge in [-0.05, 0) is 51.0 Å². The van der Waals surface area contributed by atoms with Crippen molar-refractivity contribution < 1.29 is 37.3 Å². The highest BCUT2D eigenvalue weighted by molar-refractivity contribution is 7.45. The lowest BCUT2D eigenvalue weighted by molar-refractivity contribution is -0.870. The molecular weight excluding hydrogens is 856 g/mol. The van der Waals surface area contributed by atoms with Gasteiger partial charge in [0.25, 0.3) is 7.82 Å². The number of quaternary nitrogens is 1. The van der Waals surface area contributed by atoms with Gasteiger partial charge < -0.3 is 28.5 Å². The van der Waals surface area contributed by atoms with Crippen LogP contribution in [0.2, 0.25) is 0 Å². The Kier molecular flexibility index (Phi) is 44.9. The van der Waals surface area contributed by atoms with Crippen molar-refractivity contribution in [1.29, 1.82) is 0 Å². The molecule has 1 N–H and O–H groups in total. The van der Waals surface area contributed by atoms with Crippen LogP contribution in [-0.4, -0.2) is 69.4 Å². The molecule has 0 saturated carbocycles. The molecule has 0 bridgehead atoms. The summed E-state index contributed by atoms with van der Waals surface area (Å²) in [5.41, 5.74) is 0. The van der Waals surface area contributed by atoms with E-state index in [1.54, 1.807) is 0 Å². The first kappa shape index (κ1) is 64.2. The Labute approximate surface area is 412 Å². The summed E-state index contributed by atoms with van der Waals surface area (Å²) in [7, 11) is 1.14. The Morgan fingerprint density at radius 1 is 0.537 bits per heavy atom. The molecule has 386 valence electrons. The van der Waals surface area contributed by atoms with E-state index in [2.05, 4.69) is 38.2 Å². The van der Waals surface area contributed by atoms with Crippen LogP contribution in [0, 0.1) is 0 Å². The fourth-order valence-electron chi connectivity index (χ4n) is 7.32. The molecule has 0 aliphatic rings. The molecule has 1 amide bonds. The van der Waals surface area contributed by atoms with Gasteiger partial charge >= 0.3 is 5.97 Å². The van der Waals surface area contributed by atoms with E-state index in [4.69, 9.17) is 13.8 Å². The third-order valence-corrected chi connectivity index (χ3v) is 12.5. The summed E-state index contributed by atoms with van der Waals surface area (Å²) < 4.78 is 30.1. The van der Waals surface area contributed by atoms with Crippen molar-refractivity contribution in [2.75, 3.05) is 40.9 Å². The van der Waals surface area contributed by atoms with Gasteiger partial charge in [-0.3, -0.25) is 14.2 Å². The number of nitrogens with one attached hydrogen (secondary N) is 1. The number of phosphoric acid groups is 1. The number of hydrogen-bond acceptors (Lipinski definition) is 7. The number of hydrogen-bond donors (Lipinski definition) is 1. The zero-order valence-electron chi connectivity index (χ0n) is 43.8. The second-order valence-electron chi connectivity index (χ2n) is 19.2. The van der Waals surface area contributed by atoms with Gasteiger partial charge in [0.2, 0.25) is 5.91 Å². The first-order valence-electron chi connectivity index (χ1n) is 27.0. The van der Waals surface area contributed by atoms with Crippen LogP contribution in [0.15, 0.2) is 85.1 Å². The normalized spacial score (nSPS) is 14.6. The van der Waals surface area contributed by atoms with Crippen LogP contribution in [-0.2, 0) is 27.9 Å². The summed E-state index contributed by atoms with van der Waals surface area (Å²) in [4.78, 5) is 39.7. The number of nitrogens with zero attached hydrogens (tertiary/aromatic N) is 1. The van der Waals surface area contributed by atoms with E-state index < -0.39 is 26.6 Å². The Balaban J connectivity index is 5.51. The van der Waals surface area contributed by atoms with Gasteiger partial charge in [-0.1, -0.05) is 235 Å². The number of phosphoric ester groups is 1. The molecule has 10 heteroatoms. The van der Waals surface area contributed by atoms with Gasteiger partial charge in [-0.2, -0.15) is 0 Å². The Morgan fingerprint density at radius 2 is 0.955 bits per heavy atom. The average molecular weight is 957 g/mol. The van der Waals surface area contributed by atoms with Crippen LogP contribution in [0.3, 0.4) is 0 Å². The first-order valence-corrected chi connectivity index (χ1v) is 28.4. The van der Waals surface area contributed by atoms with Crippen LogP contribution in [0.5, 0.6) is 0 Å². The van der Waals surface area contributed by atoms with Gasteiger partial charge in [0, 0.05) is 12.8 Å². The molecule has 0 rings (SSSR count). The van der Waals surface area contributed by atoms with Gasteiger partial charge in [-0.15, -0.1) is 0 Å². The van der Waals surface area contributed by atoms with E-state index in [0.29, 0.717) is 17.4 Å². The molecule has 0 aromatic carbocycles. The second-order valence-corrected chi connectivity index (χ2v) is 20.6. The molecular formula is C57H101N2O7P. The van der Waals surface area contributed by atoms with Crippen LogP contribution < -0.4 is 10.2 Å². The summed E-state index contributed by atoms with van der Waals surface area (Å²) >= 11 is 0. The third kappa shape index (κ3) is 48.0. The fourth-order valence-corrected chi connectivity index (χ4v) is 8.04. The number of rotatable bonds is 47. The van der Waals surface area contributed by atoms with E-state index in [1.807, 2.05) is 94.1 Å². The molecule has 3 atom stereocenters. The van der Waals surface area contributed by atoms with E-state index in [9.17, 15) is 19.0 Å². The highest BCUT2D eigenvalue weighted by atomic mass is 31.2. The highest BCUT2D eigenvalue weighted by Crippen LogP contribution is 2.38. The van der Waals surface area contributed by atoms with Crippen LogP contribution in [0.25, 0.3) is 0 Å². The summed E-state index contributed by atoms with van der Waals surface area (Å²) in [6.07, 6.45) is 59.7. The largest absolute Gasteiger partial charge is 0.756 e. The van der Waals surface area contributed by atoms with E-state index in [1.165, 1.54) is 109 Å². The zero-order valence-corrected chi connectivity index (χ0v) is 44.7. The number of carbonyl (C=O) groups excluding carboxylic acids is 2. The van der Waals surface area contributed by atoms with Crippen LogP contribution >= 0.6 is 7.82 Å². The minimum Gasteiger partial charge on any atom is -0.756 e. The minimum atomic E-state index is -4.70. The number of carbonyl (C=O) groups is 2. The Bertz CT molecular complexity index is 1430. The number of amides is 1. The SMILES string of the molecule is CC\C=C/C=C/C=C/C=C\C=C\C=C\CCCCCC(=O)NC(COP(=O)([O-])OCC[N+](C)(C)C)C(/C=C/CCCCCCCCCCCCC)OC(=O)CCCCCCCCCCCCC. The molecule has 0 aliphatic heterocycles. The molecule has 0 fully saturated rings. The lowest BCUT2D eigenvalue weighted by atomic mass is 10.0. The van der Waals surface area contributed by atoms with E-state index in [-0.39, 0.29) is 31.3 Å². The number of allylic oxidation sites excluding steroid dienone is 13. The van der Waals surface area contributed by atoms with Crippen molar-refractivity contribution in [2.24, 2.45) is 0 Å². The predicted octanol–water partition coefficient (Wildman–Crippen LogP) is 15.2. The monoisotopic (exact) mass is 957 g/mol. The van der Waals surface area contributed by atoms with E-state index >= 15 is 0 Å². The van der Waals surface area contributed by atoms with Crippen molar-refractivity contribution in [2.45, 2.75) is 226 Å². The maximum Gasteiger partial charge on any atom is 0.306 e. The van der Waals surface area contributed by atoms with Crippen molar-refractivity contribution in [3.05, 3.63) is 85.1 Å². The average Bonchev–Trinajstić information content (AvgIpc) is 3.28. The summed E-state index contributed by atoms with van der Waals surface area (Å²) in [5.74, 6) is -0.596. The predicted molar refractivity (Wildman–Crippen MR) is 284 cm³/mol. The number of esters is 1. The van der Waals surface area contributed by atoms with Crippen LogP contribution in [0.1, 0.15) is 213 Å². The molecule has 0 spiro atoms. The first-order chi connectivity index (χ1) is 32.4. The Morgan fingerprint density at radius 3 is 1.45 bits per heavy atom. The van der Waals surface area contributed by atoms with E-state index in [0.717, 1.165) is 64.2 Å². The van der Waals surface area contributed by atoms with Gasteiger partial charge in [0.15, 0.2) is 0 Å². The van der Waals surface area contributed by atoms with Crippen molar-refractivity contribution in [3.63, 3.8) is 0 Å². The van der Waals surface area contributed by atoms with Crippen molar-refractivity contribution in [1.82, 2.24) is 5.32 Å². The van der Waals surface area contributed by atoms with Gasteiger partial charge in [-0.25, -0.2) is 0 Å². The fraction of sp³-hybridized carbons (Fsp3) is 0.719. The molecule has 0 aromatic rings. The minimum absolute atomic E-state index is 0.0344. The highest BCUT2D eigenvalue weighted by Gasteiger charge is 2.27. The molecule has 0 aliphatic carbocycles. The number of ether oxygens (including phenoxy) is 1. The summed E-state index contributed by atoms with van der Waals surface area (Å²) in [6.45, 7) is 6.63. The van der Waals surface area contributed by atoms with Gasteiger partial charge in [0.05, 0.1) is 33.8 Å². The molecule has 3 unspecified atom stereocenters. The standard InChI is InChI=1S/C57H101N2O7P/c1-7-10-13-16-19-22-25-27-28-29-30-32-35-37-40-43-46-49-56(60)58-54(53-65-67(62,63)64-52-51-59(4,5)6)55(48-45-42-39-36-34-31-26-23-20-17-14-11-8-2)66-57(61)50-47-44-41-38-33-24-21-18-15-12-9-3/h10,13,16,19,22,25,27-30,32,35,45,48,54-55H,7-9,11-12,14-15,17-18,20-21,23-24,26,31,33-34,36-44,46-47,49-53H2,1-6H3,(H-,58,60,62,63)/b13-10-,19-16+,25-22+,28-27-,30-29+,35-32+,48-45+.